The van der Waals surface area contributed by atoms with Crippen LogP contribution in [0.2, 0.25) is 0 Å². The summed E-state index contributed by atoms with van der Waals surface area (Å²) in [6.07, 6.45) is 1.57. The topological polar surface area (TPSA) is 38.1 Å². The zero-order valence-electron chi connectivity index (χ0n) is 5.59. The van der Waals surface area contributed by atoms with E-state index in [1.54, 1.807) is 6.26 Å². The summed E-state index contributed by atoms with van der Waals surface area (Å²) in [5.41, 5.74) is 0.942. The van der Waals surface area contributed by atoms with Crippen molar-refractivity contribution in [2.45, 2.75) is 13.0 Å². The Hall–Kier alpha value is -0.830. The molecule has 3 nitrogen and oxygen atoms in total. The molecule has 0 spiro atoms. The van der Waals surface area contributed by atoms with Crippen LogP contribution < -0.4 is 5.32 Å². The lowest BCUT2D eigenvalue weighted by Gasteiger charge is -2.02. The molecule has 50 valence electrons. The predicted octanol–water partition coefficient (Wildman–Crippen LogP) is 0.955. The van der Waals surface area contributed by atoms with Crippen molar-refractivity contribution in [3.05, 3.63) is 18.0 Å². The van der Waals surface area contributed by atoms with E-state index in [0.29, 0.717) is 0 Å². The first-order chi connectivity index (χ1) is 4.34. The molecule has 1 unspecified atom stereocenters. The van der Waals surface area contributed by atoms with E-state index in [-0.39, 0.29) is 6.04 Å². The molecular weight excluding hydrogens is 116 g/mol. The fraction of sp³-hybridized carbons (Fsp3) is 0.500. The SMILES string of the molecule is CNC(C)c1ccon1. The standard InChI is InChI=1S/C6H10N2O/c1-5(7-2)6-3-4-9-8-6/h3-5,7H,1-2H3. The predicted molar refractivity (Wildman–Crippen MR) is 34.0 cm³/mol. The van der Waals surface area contributed by atoms with Crippen molar-refractivity contribution in [3.8, 4) is 0 Å². The monoisotopic (exact) mass is 126 g/mol. The Labute approximate surface area is 54.0 Å². The molecule has 0 bridgehead atoms. The van der Waals surface area contributed by atoms with Gasteiger partial charge in [-0.05, 0) is 14.0 Å². The number of aromatic nitrogens is 1. The van der Waals surface area contributed by atoms with Gasteiger partial charge in [-0.3, -0.25) is 0 Å². The van der Waals surface area contributed by atoms with E-state index in [1.165, 1.54) is 0 Å². The summed E-state index contributed by atoms with van der Waals surface area (Å²) in [5.74, 6) is 0. The van der Waals surface area contributed by atoms with Crippen molar-refractivity contribution >= 4 is 0 Å². The first-order valence-corrected chi connectivity index (χ1v) is 2.92. The molecule has 3 heteroatoms. The van der Waals surface area contributed by atoms with Crippen LogP contribution in [0.1, 0.15) is 18.7 Å². The number of nitrogens with one attached hydrogen (secondary N) is 1. The van der Waals surface area contributed by atoms with Gasteiger partial charge in [0.25, 0.3) is 0 Å². The van der Waals surface area contributed by atoms with Gasteiger partial charge < -0.3 is 9.84 Å². The van der Waals surface area contributed by atoms with Crippen molar-refractivity contribution in [1.82, 2.24) is 10.5 Å². The van der Waals surface area contributed by atoms with E-state index in [4.69, 9.17) is 0 Å². The summed E-state index contributed by atoms with van der Waals surface area (Å²) in [6, 6.07) is 2.13. The second kappa shape index (κ2) is 2.64. The average Bonchev–Trinajstić information content (AvgIpc) is 2.37. The van der Waals surface area contributed by atoms with Gasteiger partial charge in [0, 0.05) is 12.1 Å². The lowest BCUT2D eigenvalue weighted by molar-refractivity contribution is 0.402. The highest BCUT2D eigenvalue weighted by molar-refractivity contribution is 5.00. The minimum absolute atomic E-state index is 0.281. The average molecular weight is 126 g/mol. The van der Waals surface area contributed by atoms with Crippen LogP contribution in [0.3, 0.4) is 0 Å². The number of hydrogen-bond donors (Lipinski definition) is 1. The van der Waals surface area contributed by atoms with Crippen LogP contribution in [0, 0.1) is 0 Å². The summed E-state index contributed by atoms with van der Waals surface area (Å²) in [6.45, 7) is 2.03. The van der Waals surface area contributed by atoms with E-state index in [1.807, 2.05) is 20.0 Å². The molecule has 1 aromatic heterocycles. The zero-order chi connectivity index (χ0) is 6.69. The molecule has 0 fully saturated rings. The fourth-order valence-electron chi connectivity index (χ4n) is 0.593. The van der Waals surface area contributed by atoms with E-state index in [9.17, 15) is 0 Å². The lowest BCUT2D eigenvalue weighted by Crippen LogP contribution is -2.12. The van der Waals surface area contributed by atoms with Gasteiger partial charge in [0.05, 0.1) is 0 Å². The van der Waals surface area contributed by atoms with Crippen LogP contribution >= 0.6 is 0 Å². The molecular formula is C6H10N2O. The molecule has 1 atom stereocenters. The maximum atomic E-state index is 4.65. The smallest absolute Gasteiger partial charge is 0.124 e. The fourth-order valence-corrected chi connectivity index (χ4v) is 0.593. The highest BCUT2D eigenvalue weighted by atomic mass is 16.5. The quantitative estimate of drug-likeness (QED) is 0.641. The Morgan fingerprint density at radius 3 is 3.00 bits per heavy atom. The third-order valence-electron chi connectivity index (χ3n) is 1.33. The normalized spacial score (nSPS) is 13.6. The van der Waals surface area contributed by atoms with Crippen molar-refractivity contribution in [3.63, 3.8) is 0 Å². The summed E-state index contributed by atoms with van der Waals surface area (Å²) in [5, 5.41) is 6.79. The van der Waals surface area contributed by atoms with Gasteiger partial charge in [0.1, 0.15) is 12.0 Å². The molecule has 1 rings (SSSR count). The molecule has 9 heavy (non-hydrogen) atoms. The van der Waals surface area contributed by atoms with Crippen LogP contribution in [-0.2, 0) is 0 Å². The van der Waals surface area contributed by atoms with E-state index in [2.05, 4.69) is 15.0 Å². The van der Waals surface area contributed by atoms with Crippen molar-refractivity contribution in [1.29, 1.82) is 0 Å². The molecule has 1 aromatic rings. The minimum atomic E-state index is 0.281. The molecule has 0 radical (unpaired) electrons. The molecule has 0 aliphatic rings. The minimum Gasteiger partial charge on any atom is -0.364 e. The summed E-state index contributed by atoms with van der Waals surface area (Å²) in [7, 11) is 1.89. The van der Waals surface area contributed by atoms with Gasteiger partial charge in [-0.25, -0.2) is 0 Å². The third kappa shape index (κ3) is 1.29. The van der Waals surface area contributed by atoms with Gasteiger partial charge in [0.15, 0.2) is 0 Å². The third-order valence-corrected chi connectivity index (χ3v) is 1.33. The number of rotatable bonds is 2. The van der Waals surface area contributed by atoms with Crippen LogP contribution in [0.4, 0.5) is 0 Å². The van der Waals surface area contributed by atoms with Crippen molar-refractivity contribution in [2.24, 2.45) is 0 Å². The second-order valence-corrected chi connectivity index (χ2v) is 1.93. The number of nitrogens with zero attached hydrogens (tertiary/aromatic N) is 1. The molecule has 0 saturated heterocycles. The van der Waals surface area contributed by atoms with E-state index >= 15 is 0 Å². The lowest BCUT2D eigenvalue weighted by atomic mass is 10.2. The summed E-state index contributed by atoms with van der Waals surface area (Å²) < 4.78 is 4.65. The van der Waals surface area contributed by atoms with Gasteiger partial charge in [-0.15, -0.1) is 0 Å². The van der Waals surface area contributed by atoms with Gasteiger partial charge in [-0.2, -0.15) is 0 Å². The second-order valence-electron chi connectivity index (χ2n) is 1.93. The van der Waals surface area contributed by atoms with Crippen LogP contribution in [0.15, 0.2) is 16.9 Å². The van der Waals surface area contributed by atoms with E-state index in [0.717, 1.165) is 5.69 Å². The Bertz CT molecular complexity index is 160. The highest BCUT2D eigenvalue weighted by Crippen LogP contribution is 2.06. The summed E-state index contributed by atoms with van der Waals surface area (Å²) >= 11 is 0. The number of hydrogen-bond acceptors (Lipinski definition) is 3. The summed E-state index contributed by atoms with van der Waals surface area (Å²) in [4.78, 5) is 0. The van der Waals surface area contributed by atoms with Gasteiger partial charge >= 0.3 is 0 Å². The first-order valence-electron chi connectivity index (χ1n) is 2.92. The highest BCUT2D eigenvalue weighted by Gasteiger charge is 2.03. The molecule has 0 aliphatic carbocycles. The molecule has 0 aromatic carbocycles. The van der Waals surface area contributed by atoms with Crippen LogP contribution in [0.25, 0.3) is 0 Å². The Morgan fingerprint density at radius 2 is 2.56 bits per heavy atom. The van der Waals surface area contributed by atoms with Gasteiger partial charge in [-0.1, -0.05) is 5.16 Å². The van der Waals surface area contributed by atoms with Crippen molar-refractivity contribution < 1.29 is 4.52 Å². The Kier molecular flexibility index (Phi) is 1.85. The molecule has 1 heterocycles. The maximum absolute atomic E-state index is 4.65. The molecule has 0 amide bonds. The Morgan fingerprint density at radius 1 is 1.78 bits per heavy atom. The van der Waals surface area contributed by atoms with Crippen molar-refractivity contribution in [2.75, 3.05) is 7.05 Å². The molecule has 0 saturated carbocycles. The largest absolute Gasteiger partial charge is 0.364 e. The van der Waals surface area contributed by atoms with Crippen LogP contribution in [-0.4, -0.2) is 12.2 Å². The maximum Gasteiger partial charge on any atom is 0.124 e. The zero-order valence-corrected chi connectivity index (χ0v) is 5.59. The van der Waals surface area contributed by atoms with Gasteiger partial charge in [0.2, 0.25) is 0 Å². The molecule has 0 aliphatic heterocycles. The molecule has 1 N–H and O–H groups in total. The van der Waals surface area contributed by atoms with E-state index < -0.39 is 0 Å². The van der Waals surface area contributed by atoms with Crippen LogP contribution in [0.5, 0.6) is 0 Å². The first kappa shape index (κ1) is 6.29. The Balaban J connectivity index is 2.65.